The van der Waals surface area contributed by atoms with Crippen LogP contribution in [0.1, 0.15) is 0 Å². The molecular formula is H2LiNbO3. The smallest absolute Gasteiger partial charge is 2.00 e. The molecule has 26 valence electrons. The predicted octanol–water partition coefficient (Wildman–Crippen LogP) is -3.47. The Morgan fingerprint density at radius 3 is 0.800 bits per heavy atom. The van der Waals surface area contributed by atoms with E-state index in [1.54, 1.807) is 0 Å². The van der Waals surface area contributed by atoms with E-state index >= 15 is 0 Å². The van der Waals surface area contributed by atoms with Crippen molar-refractivity contribution >= 4 is 0 Å². The molecule has 0 amide bonds. The molecule has 0 fully saturated rings. The number of rotatable bonds is 0. The van der Waals surface area contributed by atoms with Crippen LogP contribution in [-0.4, -0.2) is 11.0 Å². The van der Waals surface area contributed by atoms with Gasteiger partial charge >= 0.3 is 41.2 Å². The molecule has 0 aromatic rings. The Kier molecular flexibility index (Phi) is 1430. The molecular weight excluding hydrogens is 148 g/mol. The van der Waals surface area contributed by atoms with Gasteiger partial charge in [0.1, 0.15) is 0 Å². The van der Waals surface area contributed by atoms with E-state index in [9.17, 15) is 0 Å². The molecule has 0 aromatic heterocycles. The Morgan fingerprint density at radius 2 is 0.800 bits per heavy atom. The van der Waals surface area contributed by atoms with Gasteiger partial charge in [-0.1, -0.05) is 0 Å². The van der Waals surface area contributed by atoms with Gasteiger partial charge in [-0.2, -0.15) is 0 Å². The van der Waals surface area contributed by atoms with Crippen molar-refractivity contribution in [3.05, 3.63) is 0 Å². The van der Waals surface area contributed by atoms with Crippen molar-refractivity contribution in [1.29, 1.82) is 0 Å². The van der Waals surface area contributed by atoms with Gasteiger partial charge < -0.3 is 16.4 Å². The quantitative estimate of drug-likeness (QED) is 0.335. The van der Waals surface area contributed by atoms with E-state index in [2.05, 4.69) is 0 Å². The normalized spacial score (nSPS) is 0. The van der Waals surface area contributed by atoms with Crippen LogP contribution in [0.3, 0.4) is 0 Å². The van der Waals surface area contributed by atoms with Gasteiger partial charge in [0.2, 0.25) is 0 Å². The largest absolute Gasteiger partial charge is 3.00 e. The maximum atomic E-state index is 0. The Labute approximate surface area is 57.7 Å². The van der Waals surface area contributed by atoms with Crippen LogP contribution in [0.2, 0.25) is 0 Å². The molecule has 3 nitrogen and oxygen atoms in total. The SMILES string of the molecule is [Li+].[Nb+3].[O-2].[OH-].[OH-]. The van der Waals surface area contributed by atoms with E-state index in [1.807, 2.05) is 0 Å². The monoisotopic (exact) mass is 150 g/mol. The Balaban J connectivity index is 0. The second kappa shape index (κ2) is 62.6. The van der Waals surface area contributed by atoms with Crippen LogP contribution in [0, 0.1) is 0 Å². The zero-order valence-electron chi connectivity index (χ0n) is 2.75. The van der Waals surface area contributed by atoms with Gasteiger partial charge in [0.25, 0.3) is 0 Å². The summed E-state index contributed by atoms with van der Waals surface area (Å²) in [4.78, 5) is 0. The molecule has 0 heterocycles. The standard InChI is InChI=1S/Li.Nb.2H2O.O/h;;2*1H2;/q+1;+3;;;-2/p-2. The Morgan fingerprint density at radius 1 is 0.800 bits per heavy atom. The minimum absolute atomic E-state index is 0. The van der Waals surface area contributed by atoms with Crippen LogP contribution in [0.5, 0.6) is 0 Å². The molecule has 0 aliphatic rings. The first-order valence-corrected chi connectivity index (χ1v) is 0. The van der Waals surface area contributed by atoms with Crippen molar-refractivity contribution in [3.63, 3.8) is 0 Å². The Hall–Kier alpha value is 1.22. The summed E-state index contributed by atoms with van der Waals surface area (Å²) >= 11 is 0. The van der Waals surface area contributed by atoms with Crippen molar-refractivity contribution in [2.45, 2.75) is 0 Å². The van der Waals surface area contributed by atoms with E-state index in [0.717, 1.165) is 0 Å². The third kappa shape index (κ3) is 36.4. The molecule has 0 spiro atoms. The van der Waals surface area contributed by atoms with Crippen molar-refractivity contribution in [2.75, 3.05) is 0 Å². The van der Waals surface area contributed by atoms with Crippen LogP contribution in [0.25, 0.3) is 0 Å². The van der Waals surface area contributed by atoms with Crippen LogP contribution in [0.15, 0.2) is 0 Å². The molecule has 0 atom stereocenters. The van der Waals surface area contributed by atoms with Gasteiger partial charge in [0, 0.05) is 0 Å². The molecule has 0 radical (unpaired) electrons. The summed E-state index contributed by atoms with van der Waals surface area (Å²) in [6, 6.07) is 0. The summed E-state index contributed by atoms with van der Waals surface area (Å²) < 4.78 is 0. The predicted molar refractivity (Wildman–Crippen MR) is 4.56 cm³/mol. The minimum atomic E-state index is 0. The summed E-state index contributed by atoms with van der Waals surface area (Å²) in [6.07, 6.45) is 0. The van der Waals surface area contributed by atoms with Gasteiger partial charge in [0.15, 0.2) is 0 Å². The van der Waals surface area contributed by atoms with Gasteiger partial charge in [-0.3, -0.25) is 0 Å². The molecule has 5 heteroatoms. The molecule has 0 aliphatic heterocycles. The van der Waals surface area contributed by atoms with Gasteiger partial charge in [-0.15, -0.1) is 0 Å². The molecule has 0 unspecified atom stereocenters. The van der Waals surface area contributed by atoms with Crippen molar-refractivity contribution < 1.29 is 57.7 Å². The van der Waals surface area contributed by atoms with Gasteiger partial charge in [-0.25, -0.2) is 0 Å². The van der Waals surface area contributed by atoms with Crippen LogP contribution >= 0.6 is 0 Å². The van der Waals surface area contributed by atoms with Crippen molar-refractivity contribution in [2.24, 2.45) is 0 Å². The maximum Gasteiger partial charge on any atom is 3.00 e. The summed E-state index contributed by atoms with van der Waals surface area (Å²) in [5.41, 5.74) is 0. The zero-order chi connectivity index (χ0) is 0. The van der Waals surface area contributed by atoms with Gasteiger partial charge in [-0.05, 0) is 0 Å². The van der Waals surface area contributed by atoms with E-state index in [1.165, 1.54) is 0 Å². The zero-order valence-corrected chi connectivity index (χ0v) is 4.95. The molecule has 0 saturated carbocycles. The maximum absolute atomic E-state index is 0. The summed E-state index contributed by atoms with van der Waals surface area (Å²) in [6.45, 7) is 0. The summed E-state index contributed by atoms with van der Waals surface area (Å²) in [7, 11) is 0. The molecule has 0 aromatic carbocycles. The Bertz CT molecular complexity index is 6.85. The van der Waals surface area contributed by atoms with E-state index < -0.39 is 0 Å². The first-order valence-electron chi connectivity index (χ1n) is 0. The second-order valence-electron chi connectivity index (χ2n) is 0. The van der Waals surface area contributed by atoms with Crippen molar-refractivity contribution in [3.8, 4) is 0 Å². The fourth-order valence-electron chi connectivity index (χ4n) is 0. The molecule has 0 bridgehead atoms. The third-order valence-corrected chi connectivity index (χ3v) is 0. The molecule has 5 heavy (non-hydrogen) atoms. The fraction of sp³-hybridized carbons (Fsp3) is 0. The van der Waals surface area contributed by atoms with Crippen LogP contribution in [0.4, 0.5) is 0 Å². The molecule has 0 saturated heterocycles. The first kappa shape index (κ1) is 114. The molecule has 0 rings (SSSR count). The van der Waals surface area contributed by atoms with Gasteiger partial charge in [0.05, 0.1) is 0 Å². The van der Waals surface area contributed by atoms with E-state index in [-0.39, 0.29) is 57.7 Å². The summed E-state index contributed by atoms with van der Waals surface area (Å²) in [5, 5.41) is 0. The average Bonchev–Trinajstić information content (AvgIpc) is 0. The van der Waals surface area contributed by atoms with Crippen LogP contribution < -0.4 is 18.9 Å². The van der Waals surface area contributed by atoms with E-state index in [0.29, 0.717) is 0 Å². The topological polar surface area (TPSA) is 88.5 Å². The minimum Gasteiger partial charge on any atom is -2.00 e. The average molecular weight is 150 g/mol. The molecule has 0 aliphatic carbocycles. The third-order valence-electron chi connectivity index (χ3n) is 0. The fourth-order valence-corrected chi connectivity index (χ4v) is 0. The molecule has 2 N–H and O–H groups in total. The van der Waals surface area contributed by atoms with Crippen LogP contribution in [-0.2, 0) is 27.9 Å². The van der Waals surface area contributed by atoms with Crippen molar-refractivity contribution in [1.82, 2.24) is 0 Å². The summed E-state index contributed by atoms with van der Waals surface area (Å²) in [5.74, 6) is 0. The number of hydrogen-bond donors (Lipinski definition) is 0. The first-order chi connectivity index (χ1) is 0. The van der Waals surface area contributed by atoms with E-state index in [4.69, 9.17) is 0 Å². The number of hydrogen-bond acceptors (Lipinski definition) is 2. The second-order valence-corrected chi connectivity index (χ2v) is 0.